The Labute approximate surface area is 111 Å². The van der Waals surface area contributed by atoms with Gasteiger partial charge >= 0.3 is 5.97 Å². The smallest absolute Gasteiger partial charge is 0.341 e. The summed E-state index contributed by atoms with van der Waals surface area (Å²) in [5, 5.41) is 27.7. The first-order valence-corrected chi connectivity index (χ1v) is 5.42. The molecule has 0 spiro atoms. The molecule has 104 valence electrons. The molecular weight excluding hydrogens is 268 g/mol. The minimum atomic E-state index is -1.47. The lowest BCUT2D eigenvalue weighted by Crippen LogP contribution is -2.24. The van der Waals surface area contributed by atoms with E-state index in [0.717, 1.165) is 22.9 Å². The average Bonchev–Trinajstić information content (AvgIpc) is 2.34. The van der Waals surface area contributed by atoms with Crippen molar-refractivity contribution in [3.05, 3.63) is 34.1 Å². The van der Waals surface area contributed by atoms with Gasteiger partial charge in [-0.05, 0) is 6.07 Å². The number of benzene rings is 1. The van der Waals surface area contributed by atoms with E-state index in [0.29, 0.717) is 0 Å². The zero-order valence-corrected chi connectivity index (χ0v) is 10.0. The van der Waals surface area contributed by atoms with Crippen LogP contribution in [0.3, 0.4) is 0 Å². The number of primary amides is 1. The molecule has 1 amide bonds. The van der Waals surface area contributed by atoms with Crippen molar-refractivity contribution in [2.75, 3.05) is 0 Å². The van der Waals surface area contributed by atoms with Crippen LogP contribution in [0.5, 0.6) is 11.5 Å². The molecule has 0 aliphatic carbocycles. The number of aromatic nitrogens is 1. The van der Waals surface area contributed by atoms with Crippen LogP contribution in [-0.4, -0.2) is 31.8 Å². The fourth-order valence-corrected chi connectivity index (χ4v) is 1.87. The van der Waals surface area contributed by atoms with Gasteiger partial charge in [0.1, 0.15) is 12.1 Å². The zero-order chi connectivity index (χ0) is 15.0. The molecule has 0 atom stereocenters. The van der Waals surface area contributed by atoms with Crippen LogP contribution in [0, 0.1) is 0 Å². The van der Waals surface area contributed by atoms with Gasteiger partial charge in [-0.3, -0.25) is 9.59 Å². The third-order valence-electron chi connectivity index (χ3n) is 2.73. The van der Waals surface area contributed by atoms with E-state index in [2.05, 4.69) is 0 Å². The quantitative estimate of drug-likeness (QED) is 0.562. The van der Waals surface area contributed by atoms with E-state index >= 15 is 0 Å². The molecule has 20 heavy (non-hydrogen) atoms. The largest absolute Gasteiger partial charge is 0.504 e. The first kappa shape index (κ1) is 13.4. The minimum absolute atomic E-state index is 0.0918. The number of carboxylic acids is 1. The Morgan fingerprint density at radius 2 is 1.80 bits per heavy atom. The number of pyridine rings is 1. The molecule has 0 saturated carbocycles. The van der Waals surface area contributed by atoms with E-state index in [1.165, 1.54) is 0 Å². The number of hydrogen-bond donors (Lipinski definition) is 4. The van der Waals surface area contributed by atoms with E-state index in [1.54, 1.807) is 0 Å². The number of nitrogens with two attached hydrogens (primary N) is 1. The maximum atomic E-state index is 12.0. The molecular formula is C12H10N2O6. The van der Waals surface area contributed by atoms with Gasteiger partial charge in [0.15, 0.2) is 11.5 Å². The topological polar surface area (TPSA) is 143 Å². The summed E-state index contributed by atoms with van der Waals surface area (Å²) in [7, 11) is 0. The van der Waals surface area contributed by atoms with E-state index in [4.69, 9.17) is 10.8 Å². The number of hydrogen-bond acceptors (Lipinski definition) is 5. The van der Waals surface area contributed by atoms with Crippen molar-refractivity contribution < 1.29 is 24.9 Å². The predicted molar refractivity (Wildman–Crippen MR) is 67.7 cm³/mol. The van der Waals surface area contributed by atoms with Crippen LogP contribution >= 0.6 is 0 Å². The maximum Gasteiger partial charge on any atom is 0.341 e. The number of carboxylic acid groups (broad SMARTS) is 1. The molecule has 0 saturated heterocycles. The summed E-state index contributed by atoms with van der Waals surface area (Å²) in [6.45, 7) is -0.374. The van der Waals surface area contributed by atoms with Crippen molar-refractivity contribution in [1.82, 2.24) is 4.57 Å². The summed E-state index contributed by atoms with van der Waals surface area (Å²) in [5.41, 5.74) is 3.75. The first-order chi connectivity index (χ1) is 9.31. The summed E-state index contributed by atoms with van der Waals surface area (Å²) < 4.78 is 1.13. The highest BCUT2D eigenvalue weighted by Crippen LogP contribution is 2.28. The summed E-state index contributed by atoms with van der Waals surface area (Å²) in [6.07, 6.45) is 0.967. The second-order valence-electron chi connectivity index (χ2n) is 4.13. The SMILES string of the molecule is NC(=O)Cn1cc(C(=O)O)c(=O)c2cc(O)c(O)cc21. The normalized spacial score (nSPS) is 10.6. The van der Waals surface area contributed by atoms with E-state index < -0.39 is 34.4 Å². The van der Waals surface area contributed by atoms with Gasteiger partial charge in [-0.1, -0.05) is 0 Å². The van der Waals surface area contributed by atoms with Crippen LogP contribution < -0.4 is 11.2 Å². The van der Waals surface area contributed by atoms with Crippen molar-refractivity contribution in [1.29, 1.82) is 0 Å². The van der Waals surface area contributed by atoms with Gasteiger partial charge in [0.2, 0.25) is 11.3 Å². The highest BCUT2D eigenvalue weighted by molar-refractivity contribution is 5.94. The molecule has 1 aromatic heterocycles. The van der Waals surface area contributed by atoms with Crippen LogP contribution in [0.4, 0.5) is 0 Å². The lowest BCUT2D eigenvalue weighted by Gasteiger charge is -2.11. The number of amides is 1. The second-order valence-corrected chi connectivity index (χ2v) is 4.13. The lowest BCUT2D eigenvalue weighted by atomic mass is 10.1. The van der Waals surface area contributed by atoms with E-state index in [9.17, 15) is 24.6 Å². The van der Waals surface area contributed by atoms with Gasteiger partial charge in [-0.25, -0.2) is 4.79 Å². The number of nitrogens with zero attached hydrogens (tertiary/aromatic N) is 1. The van der Waals surface area contributed by atoms with Crippen molar-refractivity contribution >= 4 is 22.8 Å². The van der Waals surface area contributed by atoms with Crippen LogP contribution in [-0.2, 0) is 11.3 Å². The third-order valence-corrected chi connectivity index (χ3v) is 2.73. The fraction of sp³-hybridized carbons (Fsp3) is 0.0833. The lowest BCUT2D eigenvalue weighted by molar-refractivity contribution is -0.118. The van der Waals surface area contributed by atoms with Gasteiger partial charge < -0.3 is 25.6 Å². The molecule has 0 aliphatic heterocycles. The number of carbonyl (C=O) groups excluding carboxylic acids is 1. The number of rotatable bonds is 3. The molecule has 0 radical (unpaired) electrons. The van der Waals surface area contributed by atoms with Gasteiger partial charge in [0, 0.05) is 12.3 Å². The number of aromatic carboxylic acids is 1. The highest BCUT2D eigenvalue weighted by atomic mass is 16.4. The van der Waals surface area contributed by atoms with Crippen LogP contribution in [0.1, 0.15) is 10.4 Å². The molecule has 0 fully saturated rings. The number of phenolic OH excluding ortho intramolecular Hbond substituents is 2. The first-order valence-electron chi connectivity index (χ1n) is 5.42. The number of phenols is 2. The summed E-state index contributed by atoms with van der Waals surface area (Å²) in [4.78, 5) is 34.0. The Morgan fingerprint density at radius 1 is 1.20 bits per heavy atom. The highest BCUT2D eigenvalue weighted by Gasteiger charge is 2.17. The molecule has 5 N–H and O–H groups in total. The molecule has 8 nitrogen and oxygen atoms in total. The maximum absolute atomic E-state index is 12.0. The van der Waals surface area contributed by atoms with Gasteiger partial charge in [0.05, 0.1) is 10.9 Å². The molecule has 2 rings (SSSR count). The number of fused-ring (bicyclic) bond motifs is 1. The van der Waals surface area contributed by atoms with Gasteiger partial charge in [-0.15, -0.1) is 0 Å². The standard InChI is InChI=1S/C12H10N2O6/c13-10(17)4-14-3-6(12(19)20)11(18)5-1-8(15)9(16)2-7(5)14/h1-3,15-16H,4H2,(H2,13,17)(H,19,20). The Balaban J connectivity index is 2.92. The third kappa shape index (κ3) is 2.14. The minimum Gasteiger partial charge on any atom is -0.504 e. The molecule has 0 unspecified atom stereocenters. The molecule has 2 aromatic rings. The molecule has 0 bridgehead atoms. The Hall–Kier alpha value is -3.03. The molecule has 1 aromatic carbocycles. The van der Waals surface area contributed by atoms with E-state index in [-0.39, 0.29) is 17.4 Å². The predicted octanol–water partition coefficient (Wildman–Crippen LogP) is -0.404. The zero-order valence-electron chi connectivity index (χ0n) is 10.0. The average molecular weight is 278 g/mol. The van der Waals surface area contributed by atoms with Crippen molar-refractivity contribution in [3.63, 3.8) is 0 Å². The van der Waals surface area contributed by atoms with Crippen LogP contribution in [0.2, 0.25) is 0 Å². The molecule has 1 heterocycles. The number of carbonyl (C=O) groups is 2. The second kappa shape index (κ2) is 4.57. The van der Waals surface area contributed by atoms with Crippen LogP contribution in [0.25, 0.3) is 10.9 Å². The molecule has 8 heteroatoms. The Morgan fingerprint density at radius 3 is 2.35 bits per heavy atom. The van der Waals surface area contributed by atoms with Crippen molar-refractivity contribution in [2.24, 2.45) is 5.73 Å². The Bertz CT molecular complexity index is 793. The molecule has 0 aliphatic rings. The summed E-state index contributed by atoms with van der Waals surface area (Å²) in [6, 6.07) is 2.00. The van der Waals surface area contributed by atoms with E-state index in [1.807, 2.05) is 0 Å². The summed E-state index contributed by atoms with van der Waals surface area (Å²) >= 11 is 0. The summed E-state index contributed by atoms with van der Waals surface area (Å²) in [5.74, 6) is -3.29. The van der Waals surface area contributed by atoms with Gasteiger partial charge in [-0.2, -0.15) is 0 Å². The van der Waals surface area contributed by atoms with Crippen molar-refractivity contribution in [3.8, 4) is 11.5 Å². The van der Waals surface area contributed by atoms with Crippen LogP contribution in [0.15, 0.2) is 23.1 Å². The van der Waals surface area contributed by atoms with Crippen molar-refractivity contribution in [2.45, 2.75) is 6.54 Å². The monoisotopic (exact) mass is 278 g/mol. The number of aromatic hydroxyl groups is 2. The van der Waals surface area contributed by atoms with Gasteiger partial charge in [0.25, 0.3) is 0 Å². The Kier molecular flexibility index (Phi) is 3.07. The fourth-order valence-electron chi connectivity index (χ4n) is 1.87.